The van der Waals surface area contributed by atoms with Gasteiger partial charge in [-0.25, -0.2) is 0 Å². The predicted molar refractivity (Wildman–Crippen MR) is 139 cm³/mol. The molecule has 36 heavy (non-hydrogen) atoms. The maximum absolute atomic E-state index is 13.9. The molecule has 2 aromatic rings. The van der Waals surface area contributed by atoms with Crippen LogP contribution in [0.5, 0.6) is 0 Å². The van der Waals surface area contributed by atoms with Crippen LogP contribution in [-0.2, 0) is 16.1 Å². The van der Waals surface area contributed by atoms with Gasteiger partial charge in [0.05, 0.1) is 6.54 Å². The number of benzene rings is 1. The molecule has 1 aromatic heterocycles. The minimum Gasteiger partial charge on any atom is -0.351 e. The summed E-state index contributed by atoms with van der Waals surface area (Å²) in [6, 6.07) is 14.1. The van der Waals surface area contributed by atoms with E-state index in [0.29, 0.717) is 38.2 Å². The fourth-order valence-electron chi connectivity index (χ4n) is 6.09. The molecule has 5 rings (SSSR count). The fraction of sp³-hybridized carbons (Fsp3) is 0.552. The first kappa shape index (κ1) is 24.6. The average Bonchev–Trinajstić information content (AvgIpc) is 3.32. The Bertz CT molecular complexity index is 1100. The molecule has 3 heterocycles. The smallest absolute Gasteiger partial charge is 0.271 e. The van der Waals surface area contributed by atoms with Gasteiger partial charge >= 0.3 is 0 Å². The van der Waals surface area contributed by atoms with Crippen LogP contribution in [0, 0.1) is 0 Å². The summed E-state index contributed by atoms with van der Waals surface area (Å²) in [7, 11) is 0. The number of aromatic nitrogens is 1. The van der Waals surface area contributed by atoms with E-state index in [1.54, 1.807) is 4.90 Å². The molecule has 7 nitrogen and oxygen atoms in total. The number of fused-ring (bicyclic) bond motifs is 1. The van der Waals surface area contributed by atoms with E-state index in [0.717, 1.165) is 56.3 Å². The van der Waals surface area contributed by atoms with E-state index in [4.69, 9.17) is 0 Å². The molecule has 1 aliphatic carbocycles. The summed E-state index contributed by atoms with van der Waals surface area (Å²) in [4.78, 5) is 43.7. The largest absolute Gasteiger partial charge is 0.351 e. The van der Waals surface area contributed by atoms with Crippen LogP contribution >= 0.6 is 0 Å². The van der Waals surface area contributed by atoms with Gasteiger partial charge in [-0.15, -0.1) is 0 Å². The fourth-order valence-corrected chi connectivity index (χ4v) is 6.09. The lowest BCUT2D eigenvalue weighted by atomic mass is 9.91. The van der Waals surface area contributed by atoms with Gasteiger partial charge in [0.1, 0.15) is 11.2 Å². The quantitative estimate of drug-likeness (QED) is 0.632. The Hall–Kier alpha value is -3.09. The zero-order valence-electron chi connectivity index (χ0n) is 21.4. The Morgan fingerprint density at radius 3 is 2.44 bits per heavy atom. The third-order valence-corrected chi connectivity index (χ3v) is 8.24. The van der Waals surface area contributed by atoms with Gasteiger partial charge in [-0.3, -0.25) is 14.4 Å². The minimum atomic E-state index is -1.00. The second kappa shape index (κ2) is 10.5. The van der Waals surface area contributed by atoms with E-state index < -0.39 is 5.54 Å². The SMILES string of the molecule is CC1(C(=O)NC2CCCCC2)Cn2c(ccc2-c2ccccc2)C(=O)N1CCCN1CCCCC1=O. The molecule has 1 saturated carbocycles. The number of piperidine rings is 1. The summed E-state index contributed by atoms with van der Waals surface area (Å²) < 4.78 is 2.02. The van der Waals surface area contributed by atoms with Gasteiger partial charge in [0, 0.05) is 37.8 Å². The first-order valence-electron chi connectivity index (χ1n) is 13.6. The normalized spacial score (nSPS) is 23.0. The van der Waals surface area contributed by atoms with Gasteiger partial charge in [-0.05, 0) is 56.7 Å². The lowest BCUT2D eigenvalue weighted by Crippen LogP contribution is -2.65. The molecule has 2 aliphatic heterocycles. The number of nitrogens with one attached hydrogen (secondary N) is 1. The van der Waals surface area contributed by atoms with E-state index in [2.05, 4.69) is 5.32 Å². The molecular weight excluding hydrogens is 452 g/mol. The van der Waals surface area contributed by atoms with Crippen molar-refractivity contribution in [1.29, 1.82) is 0 Å². The van der Waals surface area contributed by atoms with E-state index in [9.17, 15) is 14.4 Å². The zero-order chi connectivity index (χ0) is 25.1. The van der Waals surface area contributed by atoms with Crippen LogP contribution in [0.15, 0.2) is 42.5 Å². The van der Waals surface area contributed by atoms with Crippen LogP contribution in [0.1, 0.15) is 75.2 Å². The highest BCUT2D eigenvalue weighted by Crippen LogP contribution is 2.34. The second-order valence-corrected chi connectivity index (χ2v) is 10.8. The number of amides is 3. The van der Waals surface area contributed by atoms with Crippen molar-refractivity contribution >= 4 is 17.7 Å². The van der Waals surface area contributed by atoms with Gasteiger partial charge in [0.25, 0.3) is 5.91 Å². The molecule has 1 unspecified atom stereocenters. The summed E-state index contributed by atoms with van der Waals surface area (Å²) in [5.74, 6) is 0.00950. The molecule has 0 radical (unpaired) electrons. The first-order valence-corrected chi connectivity index (χ1v) is 13.6. The maximum Gasteiger partial charge on any atom is 0.271 e. The highest BCUT2D eigenvalue weighted by atomic mass is 16.2. The Balaban J connectivity index is 1.41. The van der Waals surface area contributed by atoms with Gasteiger partial charge in [0.15, 0.2) is 0 Å². The zero-order valence-corrected chi connectivity index (χ0v) is 21.4. The summed E-state index contributed by atoms with van der Waals surface area (Å²) in [5, 5.41) is 3.30. The van der Waals surface area contributed by atoms with Crippen LogP contribution in [0.3, 0.4) is 0 Å². The standard InChI is InChI=1S/C29H38N4O3/c1-29(28(36)30-23-13-6-3-7-14-23)21-32-24(22-11-4-2-5-12-22)16-17-25(32)27(35)33(29)20-10-19-31-18-9-8-15-26(31)34/h2,4-5,11-12,16-17,23H,3,6-10,13-15,18-21H2,1H3,(H,30,36). The summed E-state index contributed by atoms with van der Waals surface area (Å²) >= 11 is 0. The summed E-state index contributed by atoms with van der Waals surface area (Å²) in [6.07, 6.45) is 8.74. The highest BCUT2D eigenvalue weighted by molar-refractivity contribution is 6.00. The van der Waals surface area contributed by atoms with Crippen LogP contribution in [0.25, 0.3) is 11.3 Å². The first-order chi connectivity index (χ1) is 17.5. The Labute approximate surface area is 213 Å². The second-order valence-electron chi connectivity index (χ2n) is 10.8. The van der Waals surface area contributed by atoms with Crippen molar-refractivity contribution in [3.63, 3.8) is 0 Å². The molecule has 7 heteroatoms. The lowest BCUT2D eigenvalue weighted by Gasteiger charge is -2.45. The third kappa shape index (κ3) is 4.80. The molecular formula is C29H38N4O3. The third-order valence-electron chi connectivity index (χ3n) is 8.24. The van der Waals surface area contributed by atoms with Crippen LogP contribution in [0.2, 0.25) is 0 Å². The van der Waals surface area contributed by atoms with E-state index in [1.807, 2.05) is 58.9 Å². The van der Waals surface area contributed by atoms with Gasteiger partial charge in [-0.2, -0.15) is 0 Å². The monoisotopic (exact) mass is 490 g/mol. The van der Waals surface area contributed by atoms with Gasteiger partial charge in [-0.1, -0.05) is 49.6 Å². The number of likely N-dealkylation sites (tertiary alicyclic amines) is 1. The summed E-state index contributed by atoms with van der Waals surface area (Å²) in [6.45, 7) is 4.18. The number of hydrogen-bond acceptors (Lipinski definition) is 3. The number of nitrogens with zero attached hydrogens (tertiary/aromatic N) is 3. The highest BCUT2D eigenvalue weighted by Gasteiger charge is 2.48. The van der Waals surface area contributed by atoms with Crippen molar-refractivity contribution in [3.8, 4) is 11.3 Å². The van der Waals surface area contributed by atoms with Gasteiger partial charge in [0.2, 0.25) is 11.8 Å². The van der Waals surface area contributed by atoms with Crippen molar-refractivity contribution in [1.82, 2.24) is 19.7 Å². The Kier molecular flexibility index (Phi) is 7.17. The molecule has 1 saturated heterocycles. The molecule has 3 amide bonds. The van der Waals surface area contributed by atoms with Crippen molar-refractivity contribution < 1.29 is 14.4 Å². The van der Waals surface area contributed by atoms with E-state index >= 15 is 0 Å². The molecule has 192 valence electrons. The molecule has 1 aromatic carbocycles. The molecule has 1 N–H and O–H groups in total. The number of hydrogen-bond donors (Lipinski definition) is 1. The maximum atomic E-state index is 13.9. The number of carbonyl (C=O) groups excluding carboxylic acids is 3. The summed E-state index contributed by atoms with van der Waals surface area (Å²) in [5.41, 5.74) is 1.60. The average molecular weight is 491 g/mol. The van der Waals surface area contributed by atoms with Crippen LogP contribution in [0.4, 0.5) is 0 Å². The number of carbonyl (C=O) groups is 3. The molecule has 2 fully saturated rings. The molecule has 0 spiro atoms. The van der Waals surface area contributed by atoms with Crippen molar-refractivity contribution in [2.75, 3.05) is 19.6 Å². The van der Waals surface area contributed by atoms with Gasteiger partial charge < -0.3 is 19.7 Å². The number of rotatable bonds is 7. The molecule has 1 atom stereocenters. The predicted octanol–water partition coefficient (Wildman–Crippen LogP) is 4.22. The van der Waals surface area contributed by atoms with Crippen LogP contribution < -0.4 is 5.32 Å². The van der Waals surface area contributed by atoms with E-state index in [1.165, 1.54) is 6.42 Å². The topological polar surface area (TPSA) is 74.7 Å². The van der Waals surface area contributed by atoms with Crippen molar-refractivity contribution in [3.05, 3.63) is 48.2 Å². The van der Waals surface area contributed by atoms with Crippen LogP contribution in [-0.4, -0.2) is 63.3 Å². The molecule has 0 bridgehead atoms. The lowest BCUT2D eigenvalue weighted by molar-refractivity contribution is -0.135. The van der Waals surface area contributed by atoms with Crippen molar-refractivity contribution in [2.24, 2.45) is 0 Å². The Morgan fingerprint density at radius 1 is 0.944 bits per heavy atom. The Morgan fingerprint density at radius 2 is 1.69 bits per heavy atom. The molecule has 3 aliphatic rings. The van der Waals surface area contributed by atoms with E-state index in [-0.39, 0.29) is 23.8 Å². The minimum absolute atomic E-state index is 0.0739. The van der Waals surface area contributed by atoms with Crippen molar-refractivity contribution in [2.45, 2.75) is 82.8 Å².